The highest BCUT2D eigenvalue weighted by Gasteiger charge is 2.06. The van der Waals surface area contributed by atoms with Crippen LogP contribution in [0, 0.1) is 0 Å². The van der Waals surface area contributed by atoms with E-state index in [-0.39, 0.29) is 0 Å². The van der Waals surface area contributed by atoms with Crippen molar-refractivity contribution in [2.45, 2.75) is 19.8 Å². The first-order chi connectivity index (χ1) is 7.90. The summed E-state index contributed by atoms with van der Waals surface area (Å²) in [4.78, 5) is 4.23. The lowest BCUT2D eigenvalue weighted by Crippen LogP contribution is -2.14. The van der Waals surface area contributed by atoms with Gasteiger partial charge in [-0.1, -0.05) is 6.92 Å². The molecule has 0 radical (unpaired) electrons. The van der Waals surface area contributed by atoms with Gasteiger partial charge in [0.05, 0.1) is 18.0 Å². The molecule has 0 atom stereocenters. The molecule has 0 spiro atoms. The third-order valence-electron chi connectivity index (χ3n) is 2.35. The van der Waals surface area contributed by atoms with Gasteiger partial charge in [0.25, 0.3) is 0 Å². The van der Waals surface area contributed by atoms with Gasteiger partial charge in [0, 0.05) is 6.42 Å². The first kappa shape index (κ1) is 11.0. The highest BCUT2D eigenvalue weighted by Crippen LogP contribution is 2.20. The lowest BCUT2D eigenvalue weighted by molar-refractivity contribution is 0.492. The summed E-state index contributed by atoms with van der Waals surface area (Å²) in [6, 6.07) is 1.86. The van der Waals surface area contributed by atoms with Gasteiger partial charge in [0.2, 0.25) is 0 Å². The van der Waals surface area contributed by atoms with Crippen molar-refractivity contribution in [1.82, 2.24) is 10.3 Å². The van der Waals surface area contributed by atoms with E-state index in [1.54, 1.807) is 18.7 Å². The average Bonchev–Trinajstić information content (AvgIpc) is 2.94. The van der Waals surface area contributed by atoms with Crippen LogP contribution in [0.2, 0.25) is 0 Å². The van der Waals surface area contributed by atoms with Gasteiger partial charge in [-0.05, 0) is 25.6 Å². The Balaban J connectivity index is 1.88. The maximum absolute atomic E-state index is 5.61. The Morgan fingerprint density at radius 1 is 1.44 bits per heavy atom. The summed E-state index contributed by atoms with van der Waals surface area (Å²) in [7, 11) is 0. The van der Waals surface area contributed by atoms with Crippen LogP contribution in [-0.2, 0) is 6.42 Å². The molecule has 0 saturated carbocycles. The summed E-state index contributed by atoms with van der Waals surface area (Å²) in [6.07, 6.45) is 6.93. The van der Waals surface area contributed by atoms with Crippen molar-refractivity contribution in [3.05, 3.63) is 30.7 Å². The fraction of sp³-hybridized carbons (Fsp3) is 0.417. The Morgan fingerprint density at radius 2 is 2.38 bits per heavy atom. The third kappa shape index (κ3) is 2.73. The quantitative estimate of drug-likeness (QED) is 0.760. The van der Waals surface area contributed by atoms with Crippen LogP contribution < -0.4 is 5.32 Å². The van der Waals surface area contributed by atoms with Gasteiger partial charge < -0.3 is 14.2 Å². The predicted molar refractivity (Wildman–Crippen MR) is 61.1 cm³/mol. The second-order valence-electron chi connectivity index (χ2n) is 3.59. The number of hydrogen-bond donors (Lipinski definition) is 1. The molecule has 0 saturated heterocycles. The monoisotopic (exact) mass is 220 g/mol. The number of furan rings is 1. The fourth-order valence-electron chi connectivity index (χ4n) is 1.51. The van der Waals surface area contributed by atoms with Crippen LogP contribution in [0.1, 0.15) is 19.2 Å². The minimum atomic E-state index is 0.771. The molecule has 4 heteroatoms. The van der Waals surface area contributed by atoms with Crippen LogP contribution in [0.15, 0.2) is 33.6 Å². The van der Waals surface area contributed by atoms with Gasteiger partial charge in [-0.15, -0.1) is 0 Å². The van der Waals surface area contributed by atoms with Crippen LogP contribution in [0.4, 0.5) is 0 Å². The fourth-order valence-corrected chi connectivity index (χ4v) is 1.51. The summed E-state index contributed by atoms with van der Waals surface area (Å²) in [5.41, 5.74) is 0.936. The highest BCUT2D eigenvalue weighted by molar-refractivity contribution is 5.53. The molecule has 0 aliphatic heterocycles. The number of oxazole rings is 1. The number of aromatic nitrogens is 1. The minimum Gasteiger partial charge on any atom is -0.472 e. The summed E-state index contributed by atoms with van der Waals surface area (Å²) in [5.74, 6) is 1.56. The Hall–Kier alpha value is -1.55. The zero-order chi connectivity index (χ0) is 11.2. The largest absolute Gasteiger partial charge is 0.472 e. The van der Waals surface area contributed by atoms with Crippen LogP contribution in [0.25, 0.3) is 11.3 Å². The zero-order valence-corrected chi connectivity index (χ0v) is 9.40. The van der Waals surface area contributed by atoms with Crippen LogP contribution >= 0.6 is 0 Å². The van der Waals surface area contributed by atoms with Crippen molar-refractivity contribution in [2.75, 3.05) is 13.1 Å². The lowest BCUT2D eigenvalue weighted by atomic mass is 10.3. The molecule has 86 valence electrons. The van der Waals surface area contributed by atoms with Gasteiger partial charge in [-0.3, -0.25) is 0 Å². The molecular formula is C12H16N2O2. The summed E-state index contributed by atoms with van der Waals surface area (Å²) in [6.45, 7) is 4.11. The number of aryl methyl sites for hydroxylation is 1. The Labute approximate surface area is 94.7 Å². The molecule has 0 aromatic carbocycles. The number of nitrogens with zero attached hydrogens (tertiary/aromatic N) is 1. The van der Waals surface area contributed by atoms with E-state index in [1.165, 1.54) is 0 Å². The van der Waals surface area contributed by atoms with Gasteiger partial charge in [-0.25, -0.2) is 4.98 Å². The minimum absolute atomic E-state index is 0.771. The van der Waals surface area contributed by atoms with E-state index < -0.39 is 0 Å². The standard InChI is InChI=1S/C12H16N2O2/c1-2-13-6-3-4-12-14-8-11(16-12)10-5-7-15-9-10/h5,7-9,13H,2-4,6H2,1H3. The molecule has 0 fully saturated rings. The van der Waals surface area contributed by atoms with E-state index in [0.717, 1.165) is 43.1 Å². The predicted octanol–water partition coefficient (Wildman–Crippen LogP) is 2.48. The van der Waals surface area contributed by atoms with Crippen molar-refractivity contribution in [3.8, 4) is 11.3 Å². The van der Waals surface area contributed by atoms with Crippen molar-refractivity contribution < 1.29 is 8.83 Å². The molecule has 0 bridgehead atoms. The highest BCUT2D eigenvalue weighted by atomic mass is 16.4. The number of nitrogens with one attached hydrogen (secondary N) is 1. The molecule has 2 rings (SSSR count). The maximum Gasteiger partial charge on any atom is 0.194 e. The van der Waals surface area contributed by atoms with Crippen molar-refractivity contribution in [2.24, 2.45) is 0 Å². The van der Waals surface area contributed by atoms with E-state index >= 15 is 0 Å². The van der Waals surface area contributed by atoms with E-state index in [9.17, 15) is 0 Å². The molecule has 0 aliphatic carbocycles. The molecule has 2 aromatic rings. The summed E-state index contributed by atoms with van der Waals surface area (Å²) < 4.78 is 10.6. The molecule has 4 nitrogen and oxygen atoms in total. The Kier molecular flexibility index (Phi) is 3.77. The topological polar surface area (TPSA) is 51.2 Å². The zero-order valence-electron chi connectivity index (χ0n) is 9.40. The summed E-state index contributed by atoms with van der Waals surface area (Å²) in [5, 5.41) is 3.27. The van der Waals surface area contributed by atoms with Gasteiger partial charge in [-0.2, -0.15) is 0 Å². The molecule has 2 aromatic heterocycles. The average molecular weight is 220 g/mol. The van der Waals surface area contributed by atoms with Crippen molar-refractivity contribution in [3.63, 3.8) is 0 Å². The second-order valence-corrected chi connectivity index (χ2v) is 3.59. The Morgan fingerprint density at radius 3 is 3.12 bits per heavy atom. The van der Waals surface area contributed by atoms with Crippen molar-refractivity contribution in [1.29, 1.82) is 0 Å². The van der Waals surface area contributed by atoms with Gasteiger partial charge >= 0.3 is 0 Å². The number of hydrogen-bond acceptors (Lipinski definition) is 4. The Bertz CT molecular complexity index is 406. The first-order valence-electron chi connectivity index (χ1n) is 5.58. The molecule has 2 heterocycles. The second kappa shape index (κ2) is 5.51. The molecular weight excluding hydrogens is 204 g/mol. The smallest absolute Gasteiger partial charge is 0.194 e. The van der Waals surface area contributed by atoms with Gasteiger partial charge in [0.1, 0.15) is 6.26 Å². The summed E-state index contributed by atoms with van der Waals surface area (Å²) >= 11 is 0. The normalized spacial score (nSPS) is 10.8. The van der Waals surface area contributed by atoms with Crippen molar-refractivity contribution >= 4 is 0 Å². The van der Waals surface area contributed by atoms with E-state index in [0.29, 0.717) is 0 Å². The molecule has 0 amide bonds. The molecule has 0 unspecified atom stereocenters. The van der Waals surface area contributed by atoms with Crippen LogP contribution in [-0.4, -0.2) is 18.1 Å². The molecule has 0 aliphatic rings. The van der Waals surface area contributed by atoms with E-state index in [2.05, 4.69) is 17.2 Å². The molecule has 16 heavy (non-hydrogen) atoms. The molecule has 1 N–H and O–H groups in total. The lowest BCUT2D eigenvalue weighted by Gasteiger charge is -1.98. The third-order valence-corrected chi connectivity index (χ3v) is 2.35. The first-order valence-corrected chi connectivity index (χ1v) is 5.58. The SMILES string of the molecule is CCNCCCc1ncc(-c2ccoc2)o1. The van der Waals surface area contributed by atoms with Crippen LogP contribution in [0.3, 0.4) is 0 Å². The van der Waals surface area contributed by atoms with E-state index in [1.807, 2.05) is 6.07 Å². The number of rotatable bonds is 6. The van der Waals surface area contributed by atoms with Crippen LogP contribution in [0.5, 0.6) is 0 Å². The van der Waals surface area contributed by atoms with E-state index in [4.69, 9.17) is 8.83 Å². The van der Waals surface area contributed by atoms with Gasteiger partial charge in [0.15, 0.2) is 11.7 Å². The maximum atomic E-state index is 5.61.